The van der Waals surface area contributed by atoms with E-state index in [0.717, 1.165) is 0 Å². The fourth-order valence-electron chi connectivity index (χ4n) is 1.45. The molecule has 80 valence electrons. The van der Waals surface area contributed by atoms with Gasteiger partial charge in [0.15, 0.2) is 0 Å². The van der Waals surface area contributed by atoms with Gasteiger partial charge in [0.05, 0.1) is 6.42 Å². The summed E-state index contributed by atoms with van der Waals surface area (Å²) in [5.74, 6) is -0.663. The summed E-state index contributed by atoms with van der Waals surface area (Å²) in [6.45, 7) is 4.91. The van der Waals surface area contributed by atoms with E-state index in [2.05, 4.69) is 5.32 Å². The number of hydrogen-bond donors (Lipinski definition) is 2. The molecule has 1 saturated heterocycles. The molecule has 2 N–H and O–H groups in total. The monoisotopic (exact) mass is 200 g/mol. The van der Waals surface area contributed by atoms with Gasteiger partial charge in [0, 0.05) is 25.0 Å². The molecule has 0 bridgehead atoms. The van der Waals surface area contributed by atoms with Crippen LogP contribution in [0.2, 0.25) is 0 Å². The van der Waals surface area contributed by atoms with E-state index in [9.17, 15) is 9.59 Å². The average Bonchev–Trinajstić information content (AvgIpc) is 1.93. The number of hydrogen-bond acceptors (Lipinski definition) is 2. The van der Waals surface area contributed by atoms with Gasteiger partial charge in [-0.2, -0.15) is 0 Å². The maximum absolute atomic E-state index is 11.3. The van der Waals surface area contributed by atoms with Crippen molar-refractivity contribution < 1.29 is 14.7 Å². The summed E-state index contributed by atoms with van der Waals surface area (Å²) >= 11 is 0. The van der Waals surface area contributed by atoms with Crippen LogP contribution in [0.5, 0.6) is 0 Å². The first-order valence-electron chi connectivity index (χ1n) is 4.76. The maximum atomic E-state index is 11.3. The Morgan fingerprint density at radius 1 is 1.50 bits per heavy atom. The molecular formula is C9H16N2O3. The highest BCUT2D eigenvalue weighted by molar-refractivity contribution is 5.76. The normalized spacial score (nSPS) is 16.6. The molecule has 5 heteroatoms. The standard InChI is InChI=1S/C9H16N2O3/c1-6(2)10-9(14)11-4-7(5-11)3-8(12)13/h6-7H,3-5H2,1-2H3,(H,10,14)(H,12,13). The van der Waals surface area contributed by atoms with E-state index in [0.29, 0.717) is 13.1 Å². The summed E-state index contributed by atoms with van der Waals surface area (Å²) in [7, 11) is 0. The Morgan fingerprint density at radius 2 is 2.07 bits per heavy atom. The number of aliphatic carboxylic acids is 1. The number of urea groups is 1. The van der Waals surface area contributed by atoms with Crippen molar-refractivity contribution >= 4 is 12.0 Å². The van der Waals surface area contributed by atoms with Gasteiger partial charge in [-0.25, -0.2) is 4.79 Å². The number of carbonyl (C=O) groups excluding carboxylic acids is 1. The predicted octanol–water partition coefficient (Wildman–Crippen LogP) is 0.511. The van der Waals surface area contributed by atoms with Crippen molar-refractivity contribution in [1.82, 2.24) is 10.2 Å². The maximum Gasteiger partial charge on any atom is 0.317 e. The molecule has 0 atom stereocenters. The minimum atomic E-state index is -0.793. The minimum absolute atomic E-state index is 0.0957. The lowest BCUT2D eigenvalue weighted by atomic mass is 9.97. The topological polar surface area (TPSA) is 69.6 Å². The fourth-order valence-corrected chi connectivity index (χ4v) is 1.45. The number of nitrogens with one attached hydrogen (secondary N) is 1. The second-order valence-electron chi connectivity index (χ2n) is 3.97. The Bertz CT molecular complexity index is 234. The zero-order chi connectivity index (χ0) is 10.7. The van der Waals surface area contributed by atoms with Crippen molar-refractivity contribution in [3.8, 4) is 0 Å². The summed E-state index contributed by atoms with van der Waals surface area (Å²) in [6, 6.07) is 0.0302. The highest BCUT2D eigenvalue weighted by Gasteiger charge is 2.31. The van der Waals surface area contributed by atoms with Crippen LogP contribution in [0.15, 0.2) is 0 Å². The third-order valence-corrected chi connectivity index (χ3v) is 2.12. The van der Waals surface area contributed by atoms with E-state index in [-0.39, 0.29) is 24.4 Å². The van der Waals surface area contributed by atoms with Gasteiger partial charge in [0.2, 0.25) is 0 Å². The van der Waals surface area contributed by atoms with Crippen molar-refractivity contribution in [3.63, 3.8) is 0 Å². The van der Waals surface area contributed by atoms with Crippen molar-refractivity contribution in [2.45, 2.75) is 26.3 Å². The van der Waals surface area contributed by atoms with E-state index in [4.69, 9.17) is 5.11 Å². The van der Waals surface area contributed by atoms with Crippen molar-refractivity contribution in [2.24, 2.45) is 5.92 Å². The molecule has 2 amide bonds. The smallest absolute Gasteiger partial charge is 0.317 e. The van der Waals surface area contributed by atoms with Gasteiger partial charge in [-0.15, -0.1) is 0 Å². The Kier molecular flexibility index (Phi) is 3.33. The third-order valence-electron chi connectivity index (χ3n) is 2.12. The van der Waals surface area contributed by atoms with Crippen LogP contribution in [-0.4, -0.2) is 41.1 Å². The quantitative estimate of drug-likeness (QED) is 0.697. The number of rotatable bonds is 3. The molecule has 1 fully saturated rings. The second-order valence-corrected chi connectivity index (χ2v) is 3.97. The van der Waals surface area contributed by atoms with Gasteiger partial charge >= 0.3 is 12.0 Å². The van der Waals surface area contributed by atoms with Gasteiger partial charge in [-0.1, -0.05) is 0 Å². The van der Waals surface area contributed by atoms with Gasteiger partial charge < -0.3 is 15.3 Å². The molecule has 0 saturated carbocycles. The lowest BCUT2D eigenvalue weighted by Crippen LogP contribution is -2.55. The van der Waals surface area contributed by atoms with Crippen molar-refractivity contribution in [2.75, 3.05) is 13.1 Å². The third kappa shape index (κ3) is 2.90. The largest absolute Gasteiger partial charge is 0.481 e. The van der Waals surface area contributed by atoms with E-state index in [1.165, 1.54) is 0 Å². The van der Waals surface area contributed by atoms with E-state index in [1.807, 2.05) is 13.8 Å². The molecule has 0 aliphatic carbocycles. The van der Waals surface area contributed by atoms with Crippen LogP contribution in [0.4, 0.5) is 4.79 Å². The first-order chi connectivity index (χ1) is 6.49. The highest BCUT2D eigenvalue weighted by Crippen LogP contribution is 2.18. The Hall–Kier alpha value is -1.26. The molecule has 1 aliphatic rings. The number of carbonyl (C=O) groups is 2. The van der Waals surface area contributed by atoms with Crippen LogP contribution >= 0.6 is 0 Å². The van der Waals surface area contributed by atoms with Crippen molar-refractivity contribution in [3.05, 3.63) is 0 Å². The van der Waals surface area contributed by atoms with E-state index >= 15 is 0 Å². The Morgan fingerprint density at radius 3 is 2.50 bits per heavy atom. The van der Waals surface area contributed by atoms with Gasteiger partial charge in [-0.3, -0.25) is 4.79 Å². The number of nitrogens with zero attached hydrogens (tertiary/aromatic N) is 1. The van der Waals surface area contributed by atoms with Gasteiger partial charge in [0.25, 0.3) is 0 Å². The number of carboxylic acids is 1. The zero-order valence-corrected chi connectivity index (χ0v) is 8.49. The number of likely N-dealkylation sites (tertiary alicyclic amines) is 1. The highest BCUT2D eigenvalue weighted by atomic mass is 16.4. The Labute approximate surface area is 83.1 Å². The molecule has 0 aromatic heterocycles. The molecule has 1 aliphatic heterocycles. The lowest BCUT2D eigenvalue weighted by Gasteiger charge is -2.38. The van der Waals surface area contributed by atoms with Crippen LogP contribution in [0.3, 0.4) is 0 Å². The first kappa shape index (κ1) is 10.8. The molecule has 5 nitrogen and oxygen atoms in total. The molecule has 14 heavy (non-hydrogen) atoms. The predicted molar refractivity (Wildman–Crippen MR) is 51.0 cm³/mol. The summed E-state index contributed by atoms with van der Waals surface area (Å²) < 4.78 is 0. The molecule has 0 unspecified atom stereocenters. The molecule has 0 aromatic carbocycles. The van der Waals surface area contributed by atoms with Crippen LogP contribution < -0.4 is 5.32 Å². The molecular weight excluding hydrogens is 184 g/mol. The average molecular weight is 200 g/mol. The van der Waals surface area contributed by atoms with Gasteiger partial charge in [-0.05, 0) is 13.8 Å². The van der Waals surface area contributed by atoms with Crippen LogP contribution in [0.25, 0.3) is 0 Å². The zero-order valence-electron chi connectivity index (χ0n) is 8.49. The Balaban J connectivity index is 2.20. The molecule has 0 aromatic rings. The van der Waals surface area contributed by atoms with Crippen molar-refractivity contribution in [1.29, 1.82) is 0 Å². The summed E-state index contributed by atoms with van der Waals surface area (Å²) in [5, 5.41) is 11.3. The SMILES string of the molecule is CC(C)NC(=O)N1CC(CC(=O)O)C1. The summed E-state index contributed by atoms with van der Waals surface area (Å²) in [6.07, 6.45) is 0.158. The second kappa shape index (κ2) is 4.30. The molecule has 1 heterocycles. The minimum Gasteiger partial charge on any atom is -0.481 e. The van der Waals surface area contributed by atoms with Crippen LogP contribution in [0, 0.1) is 5.92 Å². The first-order valence-corrected chi connectivity index (χ1v) is 4.76. The van der Waals surface area contributed by atoms with Crippen LogP contribution in [-0.2, 0) is 4.79 Å². The van der Waals surface area contributed by atoms with E-state index < -0.39 is 5.97 Å². The molecule has 0 spiro atoms. The lowest BCUT2D eigenvalue weighted by molar-refractivity contribution is -0.139. The molecule has 1 rings (SSSR count). The number of carboxylic acid groups (broad SMARTS) is 1. The molecule has 0 radical (unpaired) electrons. The van der Waals surface area contributed by atoms with Crippen LogP contribution in [0.1, 0.15) is 20.3 Å². The fraction of sp³-hybridized carbons (Fsp3) is 0.778. The number of amides is 2. The van der Waals surface area contributed by atoms with E-state index in [1.54, 1.807) is 4.90 Å². The van der Waals surface area contributed by atoms with Gasteiger partial charge in [0.1, 0.15) is 0 Å². The summed E-state index contributed by atoms with van der Waals surface area (Å²) in [5.41, 5.74) is 0. The summed E-state index contributed by atoms with van der Waals surface area (Å²) in [4.78, 5) is 23.3.